The third kappa shape index (κ3) is 7.34. The molecule has 0 bridgehead atoms. The summed E-state index contributed by atoms with van der Waals surface area (Å²) < 4.78 is 18.3. The van der Waals surface area contributed by atoms with E-state index >= 15 is 0 Å². The van der Waals surface area contributed by atoms with Crippen molar-refractivity contribution >= 4 is 41.5 Å². The molecule has 0 saturated heterocycles. The van der Waals surface area contributed by atoms with E-state index in [0.717, 1.165) is 11.3 Å². The molecule has 6 nitrogen and oxygen atoms in total. The van der Waals surface area contributed by atoms with E-state index in [1.54, 1.807) is 7.11 Å². The number of nitrogens with zero attached hydrogens (tertiary/aromatic N) is 2. The van der Waals surface area contributed by atoms with Crippen LogP contribution in [0, 0.1) is 5.82 Å². The van der Waals surface area contributed by atoms with Gasteiger partial charge in [-0.3, -0.25) is 4.79 Å². The van der Waals surface area contributed by atoms with E-state index in [4.69, 9.17) is 4.74 Å². The van der Waals surface area contributed by atoms with Gasteiger partial charge in [-0.1, -0.05) is 18.2 Å². The van der Waals surface area contributed by atoms with Gasteiger partial charge >= 0.3 is 0 Å². The minimum atomic E-state index is -0.349. The van der Waals surface area contributed by atoms with E-state index < -0.39 is 0 Å². The van der Waals surface area contributed by atoms with Crippen LogP contribution in [0.5, 0.6) is 5.75 Å². The highest BCUT2D eigenvalue weighted by atomic mass is 127. The van der Waals surface area contributed by atoms with E-state index in [1.165, 1.54) is 24.3 Å². The topological polar surface area (TPSA) is 66.0 Å². The van der Waals surface area contributed by atoms with Crippen LogP contribution in [-0.4, -0.2) is 44.0 Å². The molecule has 0 aromatic heterocycles. The SMILES string of the molecule is CCNC(=NCC(=O)Nc1ccc(F)cc1)N(C)Cc1ccccc1OC.I. The number of guanidine groups is 1. The molecule has 0 fully saturated rings. The van der Waals surface area contributed by atoms with E-state index in [0.29, 0.717) is 24.7 Å². The summed E-state index contributed by atoms with van der Waals surface area (Å²) in [4.78, 5) is 18.4. The third-order valence-electron chi connectivity index (χ3n) is 3.80. The van der Waals surface area contributed by atoms with Gasteiger partial charge in [0.15, 0.2) is 5.96 Å². The molecule has 0 aliphatic heterocycles. The Labute approximate surface area is 182 Å². The zero-order chi connectivity index (χ0) is 19.6. The van der Waals surface area contributed by atoms with Crippen molar-refractivity contribution in [3.05, 3.63) is 59.9 Å². The molecule has 0 saturated carbocycles. The molecule has 0 aliphatic carbocycles. The second-order valence-corrected chi connectivity index (χ2v) is 5.89. The average molecular weight is 500 g/mol. The van der Waals surface area contributed by atoms with Gasteiger partial charge in [-0.15, -0.1) is 24.0 Å². The van der Waals surface area contributed by atoms with Gasteiger partial charge in [0.2, 0.25) is 5.91 Å². The minimum Gasteiger partial charge on any atom is -0.496 e. The van der Waals surface area contributed by atoms with Crippen LogP contribution >= 0.6 is 24.0 Å². The monoisotopic (exact) mass is 500 g/mol. The van der Waals surface area contributed by atoms with Crippen molar-refractivity contribution in [2.45, 2.75) is 13.5 Å². The predicted molar refractivity (Wildman–Crippen MR) is 121 cm³/mol. The Morgan fingerprint density at radius 1 is 1.18 bits per heavy atom. The van der Waals surface area contributed by atoms with Crippen LogP contribution in [-0.2, 0) is 11.3 Å². The summed E-state index contributed by atoms with van der Waals surface area (Å²) in [5.74, 6) is 0.785. The lowest BCUT2D eigenvalue weighted by molar-refractivity contribution is -0.114. The number of anilines is 1. The molecule has 2 aromatic rings. The maximum absolute atomic E-state index is 12.9. The molecule has 0 unspecified atom stereocenters. The number of methoxy groups -OCH3 is 1. The summed E-state index contributed by atoms with van der Waals surface area (Å²) in [6.07, 6.45) is 0. The smallest absolute Gasteiger partial charge is 0.246 e. The third-order valence-corrected chi connectivity index (χ3v) is 3.80. The largest absolute Gasteiger partial charge is 0.496 e. The molecule has 0 spiro atoms. The molecule has 2 aromatic carbocycles. The first-order valence-electron chi connectivity index (χ1n) is 8.70. The van der Waals surface area contributed by atoms with E-state index in [1.807, 2.05) is 43.1 Å². The lowest BCUT2D eigenvalue weighted by atomic mass is 10.2. The van der Waals surface area contributed by atoms with Crippen molar-refractivity contribution in [3.63, 3.8) is 0 Å². The van der Waals surface area contributed by atoms with E-state index in [9.17, 15) is 9.18 Å². The van der Waals surface area contributed by atoms with Gasteiger partial charge in [0, 0.05) is 31.4 Å². The first kappa shape index (κ1) is 23.7. The lowest BCUT2D eigenvalue weighted by Gasteiger charge is -2.23. The highest BCUT2D eigenvalue weighted by Crippen LogP contribution is 2.18. The Balaban J connectivity index is 0.00000392. The number of carbonyl (C=O) groups excluding carboxylic acids is 1. The van der Waals surface area contributed by atoms with Crippen molar-refractivity contribution in [2.24, 2.45) is 4.99 Å². The van der Waals surface area contributed by atoms with Gasteiger partial charge in [-0.2, -0.15) is 0 Å². The molecule has 0 radical (unpaired) electrons. The van der Waals surface area contributed by atoms with Gasteiger partial charge < -0.3 is 20.3 Å². The second kappa shape index (κ2) is 12.2. The van der Waals surface area contributed by atoms with Gasteiger partial charge in [-0.05, 0) is 37.3 Å². The fourth-order valence-electron chi connectivity index (χ4n) is 2.51. The quantitative estimate of drug-likeness (QED) is 0.347. The molecular weight excluding hydrogens is 474 g/mol. The van der Waals surface area contributed by atoms with Gasteiger partial charge in [0.05, 0.1) is 7.11 Å². The number of hydrogen-bond acceptors (Lipinski definition) is 3. The number of halogens is 2. The van der Waals surface area contributed by atoms with Gasteiger partial charge in [0.25, 0.3) is 0 Å². The zero-order valence-corrected chi connectivity index (χ0v) is 18.6. The number of benzene rings is 2. The van der Waals surface area contributed by atoms with Crippen molar-refractivity contribution in [3.8, 4) is 5.75 Å². The number of rotatable bonds is 7. The molecule has 28 heavy (non-hydrogen) atoms. The Bertz CT molecular complexity index is 784. The summed E-state index contributed by atoms with van der Waals surface area (Å²) in [5, 5.41) is 5.87. The van der Waals surface area contributed by atoms with Crippen LogP contribution in [0.1, 0.15) is 12.5 Å². The summed E-state index contributed by atoms with van der Waals surface area (Å²) in [6, 6.07) is 13.4. The molecule has 0 atom stereocenters. The van der Waals surface area contributed by atoms with Crippen LogP contribution in [0.4, 0.5) is 10.1 Å². The standard InChI is InChI=1S/C20H25FN4O2.HI/c1-4-22-20(25(2)14-15-7-5-6-8-18(15)27-3)23-13-19(26)24-17-11-9-16(21)10-12-17;/h5-12H,4,13-14H2,1-3H3,(H,22,23)(H,24,26);1H. The number of aliphatic imine (C=N–C) groups is 1. The fourth-order valence-corrected chi connectivity index (χ4v) is 2.51. The van der Waals surface area contributed by atoms with Crippen molar-refractivity contribution in [1.82, 2.24) is 10.2 Å². The van der Waals surface area contributed by atoms with Gasteiger partial charge in [-0.25, -0.2) is 9.38 Å². The zero-order valence-electron chi connectivity index (χ0n) is 16.2. The van der Waals surface area contributed by atoms with Crippen LogP contribution in [0.15, 0.2) is 53.5 Å². The van der Waals surface area contributed by atoms with Crippen LogP contribution in [0.3, 0.4) is 0 Å². The maximum Gasteiger partial charge on any atom is 0.246 e. The fraction of sp³-hybridized carbons (Fsp3) is 0.300. The van der Waals surface area contributed by atoms with Crippen molar-refractivity contribution in [1.29, 1.82) is 0 Å². The summed E-state index contributed by atoms with van der Waals surface area (Å²) in [6.45, 7) is 3.17. The Morgan fingerprint density at radius 3 is 2.50 bits per heavy atom. The second-order valence-electron chi connectivity index (χ2n) is 5.89. The molecule has 2 N–H and O–H groups in total. The van der Waals surface area contributed by atoms with E-state index in [-0.39, 0.29) is 42.2 Å². The minimum absolute atomic E-state index is 0. The summed E-state index contributed by atoms with van der Waals surface area (Å²) in [7, 11) is 3.53. The van der Waals surface area contributed by atoms with E-state index in [2.05, 4.69) is 15.6 Å². The average Bonchev–Trinajstić information content (AvgIpc) is 2.67. The van der Waals surface area contributed by atoms with Crippen LogP contribution in [0.2, 0.25) is 0 Å². The molecule has 152 valence electrons. The summed E-state index contributed by atoms with van der Waals surface area (Å²) >= 11 is 0. The highest BCUT2D eigenvalue weighted by Gasteiger charge is 2.11. The van der Waals surface area contributed by atoms with Crippen LogP contribution < -0.4 is 15.4 Å². The van der Waals surface area contributed by atoms with Crippen molar-refractivity contribution < 1.29 is 13.9 Å². The number of nitrogens with one attached hydrogen (secondary N) is 2. The first-order valence-corrected chi connectivity index (χ1v) is 8.70. The normalized spacial score (nSPS) is 10.6. The van der Waals surface area contributed by atoms with Crippen molar-refractivity contribution in [2.75, 3.05) is 32.6 Å². The number of ether oxygens (including phenoxy) is 1. The highest BCUT2D eigenvalue weighted by molar-refractivity contribution is 14.0. The Kier molecular flexibility index (Phi) is 10.3. The molecule has 8 heteroatoms. The first-order chi connectivity index (χ1) is 13.0. The van der Waals surface area contributed by atoms with Gasteiger partial charge in [0.1, 0.15) is 18.1 Å². The molecular formula is C20H26FIN4O2. The summed E-state index contributed by atoms with van der Waals surface area (Å²) in [5.41, 5.74) is 1.55. The predicted octanol–water partition coefficient (Wildman–Crippen LogP) is 3.49. The number of para-hydroxylation sites is 1. The maximum atomic E-state index is 12.9. The molecule has 2 rings (SSSR count). The molecule has 0 aliphatic rings. The Morgan fingerprint density at radius 2 is 1.86 bits per heavy atom. The number of carbonyl (C=O) groups is 1. The number of hydrogen-bond donors (Lipinski definition) is 2. The lowest BCUT2D eigenvalue weighted by Crippen LogP contribution is -2.39. The Hall–Kier alpha value is -2.36. The molecule has 1 amide bonds. The van der Waals surface area contributed by atoms with Crippen LogP contribution in [0.25, 0.3) is 0 Å². The number of amides is 1. The molecule has 0 heterocycles.